The number of esters is 1. The third-order valence-corrected chi connectivity index (χ3v) is 3.33. The van der Waals surface area contributed by atoms with Crippen LogP contribution in [0.25, 0.3) is 0 Å². The fourth-order valence-electron chi connectivity index (χ4n) is 2.19. The van der Waals surface area contributed by atoms with Gasteiger partial charge in [-0.15, -0.1) is 0 Å². The van der Waals surface area contributed by atoms with E-state index in [0.29, 0.717) is 24.8 Å². The lowest BCUT2D eigenvalue weighted by atomic mass is 10.2. The maximum absolute atomic E-state index is 11.5. The molecule has 0 aliphatic carbocycles. The molecule has 1 N–H and O–H groups in total. The van der Waals surface area contributed by atoms with Gasteiger partial charge in [-0.05, 0) is 37.6 Å². The molecule has 1 heterocycles. The quantitative estimate of drug-likeness (QED) is 0.802. The van der Waals surface area contributed by atoms with Crippen LogP contribution in [0, 0.1) is 0 Å². The smallest absolute Gasteiger partial charge is 0.338 e. The van der Waals surface area contributed by atoms with Crippen molar-refractivity contribution < 1.29 is 19.0 Å². The van der Waals surface area contributed by atoms with Crippen molar-refractivity contribution in [3.8, 4) is 5.75 Å². The average Bonchev–Trinajstić information content (AvgIpc) is 2.94. The molecule has 5 heteroatoms. The molecule has 0 bridgehead atoms. The Labute approximate surface area is 119 Å². The van der Waals surface area contributed by atoms with Crippen LogP contribution in [0.4, 0.5) is 0 Å². The van der Waals surface area contributed by atoms with Crippen molar-refractivity contribution in [2.45, 2.75) is 25.5 Å². The van der Waals surface area contributed by atoms with Crippen LogP contribution in [-0.4, -0.2) is 45.0 Å². The van der Waals surface area contributed by atoms with Gasteiger partial charge in [-0.25, -0.2) is 4.79 Å². The Kier molecular flexibility index (Phi) is 5.38. The van der Waals surface area contributed by atoms with E-state index >= 15 is 0 Å². The molecular weight excluding hydrogens is 258 g/mol. The third kappa shape index (κ3) is 3.95. The Morgan fingerprint density at radius 1 is 1.35 bits per heavy atom. The molecule has 110 valence electrons. The standard InChI is InChI=1S/C15H21NO4/c1-3-19-15(17)11-4-6-13(7-5-11)20-10-12-8-14(18-2)9-16-12/h4-7,12,14,16H,3,8-10H2,1-2H3. The summed E-state index contributed by atoms with van der Waals surface area (Å²) in [5.74, 6) is 0.445. The minimum atomic E-state index is -0.306. The number of benzene rings is 1. The summed E-state index contributed by atoms with van der Waals surface area (Å²) in [4.78, 5) is 11.5. The maximum Gasteiger partial charge on any atom is 0.338 e. The average molecular weight is 279 g/mol. The molecule has 2 unspecified atom stereocenters. The fourth-order valence-corrected chi connectivity index (χ4v) is 2.19. The zero-order valence-corrected chi connectivity index (χ0v) is 11.9. The Balaban J connectivity index is 1.81. The van der Waals surface area contributed by atoms with E-state index in [1.165, 1.54) is 0 Å². The van der Waals surface area contributed by atoms with E-state index in [1.54, 1.807) is 38.3 Å². The minimum absolute atomic E-state index is 0.273. The highest BCUT2D eigenvalue weighted by atomic mass is 16.5. The lowest BCUT2D eigenvalue weighted by molar-refractivity contribution is 0.0526. The first kappa shape index (κ1) is 14.8. The second-order valence-electron chi connectivity index (χ2n) is 4.75. The largest absolute Gasteiger partial charge is 0.492 e. The van der Waals surface area contributed by atoms with Crippen LogP contribution in [0.3, 0.4) is 0 Å². The molecule has 1 aromatic rings. The predicted molar refractivity (Wildman–Crippen MR) is 75.1 cm³/mol. The van der Waals surface area contributed by atoms with Gasteiger partial charge in [0, 0.05) is 19.7 Å². The second-order valence-corrected chi connectivity index (χ2v) is 4.75. The Morgan fingerprint density at radius 3 is 2.70 bits per heavy atom. The Bertz CT molecular complexity index is 432. The second kappa shape index (κ2) is 7.26. The van der Waals surface area contributed by atoms with E-state index in [4.69, 9.17) is 14.2 Å². The summed E-state index contributed by atoms with van der Waals surface area (Å²) in [5, 5.41) is 3.35. The first-order valence-electron chi connectivity index (χ1n) is 6.89. The summed E-state index contributed by atoms with van der Waals surface area (Å²) in [6, 6.07) is 7.31. The van der Waals surface area contributed by atoms with Crippen LogP contribution >= 0.6 is 0 Å². The van der Waals surface area contributed by atoms with Crippen LogP contribution in [0.2, 0.25) is 0 Å². The van der Waals surface area contributed by atoms with Crippen LogP contribution in [0.5, 0.6) is 5.75 Å². The molecule has 2 atom stereocenters. The van der Waals surface area contributed by atoms with Crippen molar-refractivity contribution in [3.63, 3.8) is 0 Å². The van der Waals surface area contributed by atoms with E-state index in [0.717, 1.165) is 18.7 Å². The van der Waals surface area contributed by atoms with Crippen molar-refractivity contribution in [1.29, 1.82) is 0 Å². The van der Waals surface area contributed by atoms with E-state index < -0.39 is 0 Å². The number of hydrogen-bond acceptors (Lipinski definition) is 5. The Morgan fingerprint density at radius 2 is 2.10 bits per heavy atom. The molecule has 1 fully saturated rings. The maximum atomic E-state index is 11.5. The van der Waals surface area contributed by atoms with Crippen molar-refractivity contribution in [2.75, 3.05) is 26.9 Å². The predicted octanol–water partition coefficient (Wildman–Crippen LogP) is 1.62. The van der Waals surface area contributed by atoms with Gasteiger partial charge in [0.15, 0.2) is 0 Å². The Hall–Kier alpha value is -1.59. The first-order chi connectivity index (χ1) is 9.72. The molecule has 0 aromatic heterocycles. The fraction of sp³-hybridized carbons (Fsp3) is 0.533. The van der Waals surface area contributed by atoms with Crippen LogP contribution in [-0.2, 0) is 9.47 Å². The van der Waals surface area contributed by atoms with Crippen molar-refractivity contribution >= 4 is 5.97 Å². The molecule has 1 aliphatic heterocycles. The zero-order chi connectivity index (χ0) is 14.4. The van der Waals surface area contributed by atoms with Gasteiger partial charge in [0.05, 0.1) is 18.3 Å². The number of carbonyl (C=O) groups excluding carboxylic acids is 1. The summed E-state index contributed by atoms with van der Waals surface area (Å²) < 4.78 is 15.9. The third-order valence-electron chi connectivity index (χ3n) is 3.33. The highest BCUT2D eigenvalue weighted by Gasteiger charge is 2.24. The summed E-state index contributed by atoms with van der Waals surface area (Å²) in [5.41, 5.74) is 0.539. The number of nitrogens with one attached hydrogen (secondary N) is 1. The molecule has 1 aliphatic rings. The lowest BCUT2D eigenvalue weighted by Crippen LogP contribution is -2.28. The lowest BCUT2D eigenvalue weighted by Gasteiger charge is -2.12. The summed E-state index contributed by atoms with van der Waals surface area (Å²) in [6.45, 7) is 3.63. The zero-order valence-electron chi connectivity index (χ0n) is 11.9. The number of methoxy groups -OCH3 is 1. The van der Waals surface area contributed by atoms with Gasteiger partial charge < -0.3 is 19.5 Å². The SMILES string of the molecule is CCOC(=O)c1ccc(OCC2CC(OC)CN2)cc1. The van der Waals surface area contributed by atoms with Gasteiger partial charge in [-0.2, -0.15) is 0 Å². The molecule has 1 saturated heterocycles. The van der Waals surface area contributed by atoms with Crippen LogP contribution in [0.1, 0.15) is 23.7 Å². The molecule has 0 amide bonds. The monoisotopic (exact) mass is 279 g/mol. The summed E-state index contributed by atoms with van der Waals surface area (Å²) >= 11 is 0. The van der Waals surface area contributed by atoms with Crippen molar-refractivity contribution in [2.24, 2.45) is 0 Å². The molecule has 5 nitrogen and oxygen atoms in total. The number of hydrogen-bond donors (Lipinski definition) is 1. The van der Waals surface area contributed by atoms with Gasteiger partial charge >= 0.3 is 5.97 Å². The molecular formula is C15H21NO4. The van der Waals surface area contributed by atoms with Gasteiger partial charge in [-0.3, -0.25) is 0 Å². The first-order valence-corrected chi connectivity index (χ1v) is 6.89. The highest BCUT2D eigenvalue weighted by Crippen LogP contribution is 2.15. The summed E-state index contributed by atoms with van der Waals surface area (Å²) in [7, 11) is 1.73. The number of ether oxygens (including phenoxy) is 3. The molecule has 0 saturated carbocycles. The van der Waals surface area contributed by atoms with Gasteiger partial charge in [-0.1, -0.05) is 0 Å². The van der Waals surface area contributed by atoms with E-state index in [2.05, 4.69) is 5.32 Å². The van der Waals surface area contributed by atoms with Crippen LogP contribution < -0.4 is 10.1 Å². The van der Waals surface area contributed by atoms with Gasteiger partial charge in [0.1, 0.15) is 12.4 Å². The molecule has 20 heavy (non-hydrogen) atoms. The number of rotatable bonds is 6. The molecule has 0 radical (unpaired) electrons. The normalized spacial score (nSPS) is 21.7. The van der Waals surface area contributed by atoms with Gasteiger partial charge in [0.2, 0.25) is 0 Å². The van der Waals surface area contributed by atoms with Crippen molar-refractivity contribution in [3.05, 3.63) is 29.8 Å². The molecule has 1 aromatic carbocycles. The topological polar surface area (TPSA) is 56.8 Å². The van der Waals surface area contributed by atoms with Gasteiger partial charge in [0.25, 0.3) is 0 Å². The van der Waals surface area contributed by atoms with E-state index in [-0.39, 0.29) is 12.1 Å². The molecule has 2 rings (SSSR count). The van der Waals surface area contributed by atoms with E-state index in [9.17, 15) is 4.79 Å². The molecule has 0 spiro atoms. The van der Waals surface area contributed by atoms with Crippen molar-refractivity contribution in [1.82, 2.24) is 5.32 Å². The van der Waals surface area contributed by atoms with Crippen LogP contribution in [0.15, 0.2) is 24.3 Å². The highest BCUT2D eigenvalue weighted by molar-refractivity contribution is 5.89. The summed E-state index contributed by atoms with van der Waals surface area (Å²) in [6.07, 6.45) is 1.23. The minimum Gasteiger partial charge on any atom is -0.492 e. The van der Waals surface area contributed by atoms with E-state index in [1.807, 2.05) is 0 Å². The number of carbonyl (C=O) groups is 1.